The first-order chi connectivity index (χ1) is 21.3. The summed E-state index contributed by atoms with van der Waals surface area (Å²) in [7, 11) is 0.184. The molecule has 0 aromatic heterocycles. The van der Waals surface area contributed by atoms with Crippen LogP contribution >= 0.6 is 15.8 Å². The first-order valence-electron chi connectivity index (χ1n) is 20.0. The molecule has 0 radical (unpaired) electrons. The van der Waals surface area contributed by atoms with Gasteiger partial charge >= 0.3 is 0 Å². The van der Waals surface area contributed by atoms with Crippen LogP contribution < -0.4 is 5.30 Å². The van der Waals surface area contributed by atoms with Crippen LogP contribution in [0.25, 0.3) is 0 Å². The van der Waals surface area contributed by atoms with E-state index in [1.165, 1.54) is 57.8 Å². The topological polar surface area (TPSA) is 0 Å². The smallest absolute Gasteiger partial charge is 0.0145 e. The van der Waals surface area contributed by atoms with Crippen molar-refractivity contribution in [2.45, 2.75) is 208 Å². The van der Waals surface area contributed by atoms with Crippen molar-refractivity contribution in [3.63, 3.8) is 0 Å². The summed E-state index contributed by atoms with van der Waals surface area (Å²) in [6.45, 7) is 0. The third-order valence-electron chi connectivity index (χ3n) is 14.1. The molecule has 0 bridgehead atoms. The van der Waals surface area contributed by atoms with Crippen LogP contribution in [-0.4, -0.2) is 28.3 Å². The number of rotatable bonds is 8. The zero-order valence-corrected chi connectivity index (χ0v) is 29.8. The summed E-state index contributed by atoms with van der Waals surface area (Å²) in [6, 6.07) is 10.3. The van der Waals surface area contributed by atoms with Crippen LogP contribution in [0, 0.1) is 11.3 Å². The Hall–Kier alpha value is 0.0800. The van der Waals surface area contributed by atoms with Crippen molar-refractivity contribution in [2.75, 3.05) is 0 Å². The molecule has 240 valence electrons. The van der Waals surface area contributed by atoms with Crippen molar-refractivity contribution in [2.24, 2.45) is 11.3 Å². The molecule has 43 heavy (non-hydrogen) atoms. The molecule has 0 nitrogen and oxygen atoms in total. The summed E-state index contributed by atoms with van der Waals surface area (Å²) in [5, 5.41) is 1.92. The molecule has 1 aromatic carbocycles. The predicted octanol–water partition coefficient (Wildman–Crippen LogP) is 12.9. The zero-order chi connectivity index (χ0) is 28.9. The van der Waals surface area contributed by atoms with E-state index in [1.807, 2.05) is 10.9 Å². The monoisotopic (exact) mass is 620 g/mol. The van der Waals surface area contributed by atoms with Crippen molar-refractivity contribution < 1.29 is 0 Å². The van der Waals surface area contributed by atoms with Crippen molar-refractivity contribution in [3.8, 4) is 0 Å². The lowest BCUT2D eigenvalue weighted by Gasteiger charge is -2.55. The molecule has 0 N–H and O–H groups in total. The van der Waals surface area contributed by atoms with Crippen LogP contribution in [0.15, 0.2) is 24.3 Å². The first-order valence-corrected chi connectivity index (χ1v) is 23.0. The van der Waals surface area contributed by atoms with Gasteiger partial charge in [0.25, 0.3) is 0 Å². The molecule has 6 fully saturated rings. The summed E-state index contributed by atoms with van der Waals surface area (Å²) in [4.78, 5) is 0. The van der Waals surface area contributed by atoms with Gasteiger partial charge in [-0.2, -0.15) is 0 Å². The Kier molecular flexibility index (Phi) is 11.3. The van der Waals surface area contributed by atoms with Gasteiger partial charge in [-0.05, 0) is 134 Å². The minimum Gasteiger partial charge on any atom is -0.0966 e. The first kappa shape index (κ1) is 31.7. The maximum Gasteiger partial charge on any atom is -0.0145 e. The highest BCUT2D eigenvalue weighted by Gasteiger charge is 2.53. The predicted molar refractivity (Wildman–Crippen MR) is 193 cm³/mol. The lowest BCUT2D eigenvalue weighted by molar-refractivity contribution is 0.106. The summed E-state index contributed by atoms with van der Waals surface area (Å²) in [5.41, 5.74) is 7.99. The summed E-state index contributed by atoms with van der Waals surface area (Å²) >= 11 is 0. The van der Waals surface area contributed by atoms with Crippen molar-refractivity contribution in [1.82, 2.24) is 0 Å². The van der Waals surface area contributed by atoms with Crippen LogP contribution in [0.1, 0.15) is 179 Å². The van der Waals surface area contributed by atoms with Gasteiger partial charge in [0.2, 0.25) is 0 Å². The van der Waals surface area contributed by atoms with Gasteiger partial charge in [0.15, 0.2) is 0 Å². The van der Waals surface area contributed by atoms with Gasteiger partial charge in [0.1, 0.15) is 0 Å². The average molecular weight is 621 g/mol. The molecular formula is C41H66P2. The molecular weight excluding hydrogens is 554 g/mol. The lowest BCUT2D eigenvalue weighted by Crippen LogP contribution is -2.46. The molecule has 6 aliphatic rings. The van der Waals surface area contributed by atoms with E-state index in [2.05, 4.69) is 24.3 Å². The Morgan fingerprint density at radius 3 is 1.51 bits per heavy atom. The summed E-state index contributed by atoms with van der Waals surface area (Å²) in [6.07, 6.45) is 43.4. The molecule has 1 aromatic rings. The van der Waals surface area contributed by atoms with Crippen molar-refractivity contribution in [3.05, 3.63) is 29.8 Å². The van der Waals surface area contributed by atoms with E-state index in [4.69, 9.17) is 0 Å². The number of benzene rings is 1. The minimum atomic E-state index is -0.00354. The Morgan fingerprint density at radius 2 is 0.977 bits per heavy atom. The van der Waals surface area contributed by atoms with Gasteiger partial charge in [-0.15, -0.1) is 0 Å². The second-order valence-electron chi connectivity index (χ2n) is 16.4. The summed E-state index contributed by atoms with van der Waals surface area (Å²) in [5.74, 6) is 0.974. The Bertz CT molecular complexity index is 935. The SMILES string of the molecule is c1ccc(P(C2CCCCC2)C2CCCCC2)c(CC2CCCC(P(C3CCCCC3)C3CCCCC3)C23CCCC3)c1. The van der Waals surface area contributed by atoms with Gasteiger partial charge in [0.05, 0.1) is 0 Å². The van der Waals surface area contributed by atoms with E-state index >= 15 is 0 Å². The Balaban J connectivity index is 1.20. The largest absolute Gasteiger partial charge is 0.0966 e. The number of hydrogen-bond donors (Lipinski definition) is 0. The van der Waals surface area contributed by atoms with E-state index in [1.54, 1.807) is 122 Å². The second kappa shape index (κ2) is 15.3. The van der Waals surface area contributed by atoms with Crippen LogP contribution in [0.4, 0.5) is 0 Å². The van der Waals surface area contributed by atoms with Gasteiger partial charge in [-0.25, -0.2) is 0 Å². The van der Waals surface area contributed by atoms with E-state index in [0.717, 1.165) is 34.2 Å². The zero-order valence-electron chi connectivity index (χ0n) is 28.0. The average Bonchev–Trinajstić information content (AvgIpc) is 3.56. The van der Waals surface area contributed by atoms with E-state index in [9.17, 15) is 0 Å². The summed E-state index contributed by atoms with van der Waals surface area (Å²) < 4.78 is 0. The molecule has 0 aliphatic heterocycles. The quantitative estimate of drug-likeness (QED) is 0.254. The maximum atomic E-state index is 2.70. The van der Waals surface area contributed by atoms with Crippen LogP contribution in [0.2, 0.25) is 0 Å². The van der Waals surface area contributed by atoms with Gasteiger partial charge in [0, 0.05) is 0 Å². The van der Waals surface area contributed by atoms with Crippen LogP contribution in [0.5, 0.6) is 0 Å². The van der Waals surface area contributed by atoms with Gasteiger partial charge in [-0.1, -0.05) is 136 Å². The normalized spacial score (nSPS) is 30.5. The molecule has 6 saturated carbocycles. The molecule has 0 saturated heterocycles. The molecule has 2 atom stereocenters. The van der Waals surface area contributed by atoms with Crippen LogP contribution in [0.3, 0.4) is 0 Å². The van der Waals surface area contributed by atoms with E-state index < -0.39 is 0 Å². The molecule has 2 unspecified atom stereocenters. The number of hydrogen-bond acceptors (Lipinski definition) is 0. The molecule has 6 aliphatic carbocycles. The fourth-order valence-electron chi connectivity index (χ4n) is 12.1. The van der Waals surface area contributed by atoms with Crippen molar-refractivity contribution in [1.29, 1.82) is 0 Å². The van der Waals surface area contributed by atoms with E-state index in [0.29, 0.717) is 5.41 Å². The van der Waals surface area contributed by atoms with E-state index in [-0.39, 0.29) is 15.8 Å². The highest BCUT2D eigenvalue weighted by molar-refractivity contribution is 7.67. The third-order valence-corrected chi connectivity index (χ3v) is 21.9. The highest BCUT2D eigenvalue weighted by Crippen LogP contribution is 2.70. The molecule has 7 rings (SSSR count). The fraction of sp³-hybridized carbons (Fsp3) is 0.854. The fourth-order valence-corrected chi connectivity index (χ4v) is 21.2. The van der Waals surface area contributed by atoms with Gasteiger partial charge < -0.3 is 0 Å². The lowest BCUT2D eigenvalue weighted by atomic mass is 9.63. The minimum absolute atomic E-state index is 0.00354. The second-order valence-corrected chi connectivity index (χ2v) is 22.2. The van der Waals surface area contributed by atoms with Crippen LogP contribution in [-0.2, 0) is 6.42 Å². The Labute approximate surface area is 269 Å². The highest BCUT2D eigenvalue weighted by atomic mass is 31.1. The molecule has 1 spiro atoms. The standard InChI is InChI=1S/C41H66P2/c1-5-20-35(21-6-1)42(36-22-7-2-8-23-36)39-28-14-13-18-33(39)32-34-19-17-29-40(41(34)30-15-16-31-41)43(37-24-9-3-10-25-37)38-26-11-4-12-27-38/h13-14,18,28,34-38,40H,1-12,15-17,19-27,29-32H2. The Morgan fingerprint density at radius 1 is 0.488 bits per heavy atom. The maximum absolute atomic E-state index is 2.70. The van der Waals surface area contributed by atoms with Crippen molar-refractivity contribution >= 4 is 21.1 Å². The molecule has 2 heteroatoms. The van der Waals surface area contributed by atoms with Gasteiger partial charge in [-0.3, -0.25) is 0 Å². The molecule has 0 amide bonds. The third kappa shape index (κ3) is 7.03. The molecule has 0 heterocycles.